The molecule has 1 saturated heterocycles. The Kier molecular flexibility index (Phi) is 5.15. The Morgan fingerprint density at radius 3 is 3.05 bits per heavy atom. The normalized spacial score (nSPS) is 19.2. The van der Waals surface area contributed by atoms with E-state index >= 15 is 0 Å². The monoisotopic (exact) mass is 375 g/mol. The lowest BCUT2D eigenvalue weighted by Crippen LogP contribution is -2.44. The summed E-state index contributed by atoms with van der Waals surface area (Å²) < 4.78 is 5.72. The van der Waals surface area contributed by atoms with Crippen molar-refractivity contribution >= 4 is 28.3 Å². The fourth-order valence-electron chi connectivity index (χ4n) is 2.16. The molecule has 1 atom stereocenters. The number of pyridine rings is 1. The zero-order valence-corrected chi connectivity index (χ0v) is 13.7. The standard InChI is InChI=1S/C12H14BrN5O2.ClH/c1-18-3-2-14-6-9(18)10-16-12(20-17-10)7-4-8(13)11(19)15-5-7;/h4-5,9,14H,2-3,6H2,1H3,(H,15,19);1H. The third-order valence-corrected chi connectivity index (χ3v) is 3.94. The topological polar surface area (TPSA) is 87.0 Å². The van der Waals surface area contributed by atoms with Gasteiger partial charge in [0.25, 0.3) is 11.4 Å². The molecule has 3 rings (SSSR count). The van der Waals surface area contributed by atoms with E-state index < -0.39 is 0 Å². The molecule has 0 aromatic carbocycles. The van der Waals surface area contributed by atoms with Crippen LogP contribution < -0.4 is 10.9 Å². The van der Waals surface area contributed by atoms with Gasteiger partial charge in [0, 0.05) is 25.8 Å². The summed E-state index contributed by atoms with van der Waals surface area (Å²) in [6.45, 7) is 2.70. The zero-order valence-electron chi connectivity index (χ0n) is 11.3. The largest absolute Gasteiger partial charge is 0.334 e. The summed E-state index contributed by atoms with van der Waals surface area (Å²) in [6, 6.07) is 1.77. The summed E-state index contributed by atoms with van der Waals surface area (Å²) in [4.78, 5) is 20.5. The van der Waals surface area contributed by atoms with Gasteiger partial charge < -0.3 is 14.8 Å². The van der Waals surface area contributed by atoms with Crippen LogP contribution in [0, 0.1) is 0 Å². The van der Waals surface area contributed by atoms with Crippen molar-refractivity contribution in [2.75, 3.05) is 26.7 Å². The van der Waals surface area contributed by atoms with Crippen molar-refractivity contribution < 1.29 is 4.52 Å². The van der Waals surface area contributed by atoms with Crippen molar-refractivity contribution in [2.45, 2.75) is 6.04 Å². The molecule has 0 saturated carbocycles. The lowest BCUT2D eigenvalue weighted by molar-refractivity contribution is 0.190. The second-order valence-electron chi connectivity index (χ2n) is 4.72. The summed E-state index contributed by atoms with van der Waals surface area (Å²) in [5, 5.41) is 7.35. The van der Waals surface area contributed by atoms with Crippen LogP contribution in [0.1, 0.15) is 11.9 Å². The highest BCUT2D eigenvalue weighted by molar-refractivity contribution is 9.10. The van der Waals surface area contributed by atoms with Crippen LogP contribution in [-0.2, 0) is 0 Å². The third-order valence-electron chi connectivity index (χ3n) is 3.36. The Hall–Kier alpha value is -1.22. The molecule has 2 aromatic heterocycles. The van der Waals surface area contributed by atoms with Gasteiger partial charge in [-0.15, -0.1) is 12.4 Å². The second-order valence-corrected chi connectivity index (χ2v) is 5.58. The van der Waals surface area contributed by atoms with E-state index in [9.17, 15) is 4.79 Å². The Morgan fingerprint density at radius 2 is 2.33 bits per heavy atom. The molecule has 21 heavy (non-hydrogen) atoms. The van der Waals surface area contributed by atoms with Crippen molar-refractivity contribution in [3.8, 4) is 11.5 Å². The molecule has 2 aromatic rings. The molecule has 0 bridgehead atoms. The van der Waals surface area contributed by atoms with Crippen LogP contribution in [0.3, 0.4) is 0 Å². The van der Waals surface area contributed by atoms with Gasteiger partial charge in [-0.25, -0.2) is 0 Å². The Balaban J connectivity index is 0.00000161. The number of aromatic nitrogens is 3. The minimum Gasteiger partial charge on any atom is -0.334 e. The fraction of sp³-hybridized carbons (Fsp3) is 0.417. The van der Waals surface area contributed by atoms with Crippen LogP contribution in [-0.4, -0.2) is 46.7 Å². The molecule has 1 unspecified atom stereocenters. The molecular formula is C12H15BrClN5O2. The smallest absolute Gasteiger partial charge is 0.262 e. The number of hydrogen-bond donors (Lipinski definition) is 2. The number of nitrogens with one attached hydrogen (secondary N) is 2. The van der Waals surface area contributed by atoms with Crippen molar-refractivity contribution in [1.29, 1.82) is 0 Å². The number of likely N-dealkylation sites (N-methyl/N-ethyl adjacent to an activating group) is 1. The highest BCUT2D eigenvalue weighted by Gasteiger charge is 2.25. The first-order valence-corrected chi connectivity index (χ1v) is 7.07. The highest BCUT2D eigenvalue weighted by atomic mass is 79.9. The quantitative estimate of drug-likeness (QED) is 0.818. The number of piperazine rings is 1. The average molecular weight is 377 g/mol. The Labute approximate surface area is 135 Å². The van der Waals surface area contributed by atoms with Gasteiger partial charge in [0.2, 0.25) is 0 Å². The summed E-state index contributed by atoms with van der Waals surface area (Å²) in [5.41, 5.74) is 0.492. The van der Waals surface area contributed by atoms with E-state index in [1.165, 1.54) is 0 Å². The van der Waals surface area contributed by atoms with Crippen LogP contribution >= 0.6 is 28.3 Å². The molecule has 0 aliphatic carbocycles. The van der Waals surface area contributed by atoms with Gasteiger partial charge in [-0.05, 0) is 29.0 Å². The number of aromatic amines is 1. The van der Waals surface area contributed by atoms with Gasteiger partial charge in [0.05, 0.1) is 16.1 Å². The molecule has 1 aliphatic rings. The number of rotatable bonds is 2. The molecule has 0 spiro atoms. The van der Waals surface area contributed by atoms with Gasteiger partial charge >= 0.3 is 0 Å². The van der Waals surface area contributed by atoms with E-state index in [0.29, 0.717) is 21.8 Å². The number of H-pyrrole nitrogens is 1. The average Bonchev–Trinajstić information content (AvgIpc) is 2.92. The maximum absolute atomic E-state index is 11.3. The van der Waals surface area contributed by atoms with Crippen LogP contribution in [0.4, 0.5) is 0 Å². The molecular weight excluding hydrogens is 362 g/mol. The first kappa shape index (κ1) is 16.2. The maximum Gasteiger partial charge on any atom is 0.262 e. The number of hydrogen-bond acceptors (Lipinski definition) is 6. The van der Waals surface area contributed by atoms with Crippen LogP contribution in [0.25, 0.3) is 11.5 Å². The van der Waals surface area contributed by atoms with E-state index in [1.807, 2.05) is 7.05 Å². The minimum atomic E-state index is -0.190. The predicted octanol–water partition coefficient (Wildman–Crippen LogP) is 1.19. The lowest BCUT2D eigenvalue weighted by Gasteiger charge is -2.30. The van der Waals surface area contributed by atoms with Crippen molar-refractivity contribution in [2.24, 2.45) is 0 Å². The number of nitrogens with zero attached hydrogens (tertiary/aromatic N) is 3. The summed E-state index contributed by atoms with van der Waals surface area (Å²) in [7, 11) is 2.04. The van der Waals surface area contributed by atoms with E-state index in [0.717, 1.165) is 19.6 Å². The maximum atomic E-state index is 11.3. The Bertz CT molecular complexity index is 674. The molecule has 0 radical (unpaired) electrons. The van der Waals surface area contributed by atoms with E-state index in [4.69, 9.17) is 4.52 Å². The Morgan fingerprint density at radius 1 is 1.52 bits per heavy atom. The van der Waals surface area contributed by atoms with Gasteiger partial charge in [-0.3, -0.25) is 9.69 Å². The third kappa shape index (κ3) is 3.34. The molecule has 3 heterocycles. The van der Waals surface area contributed by atoms with Crippen LogP contribution in [0.5, 0.6) is 0 Å². The highest BCUT2D eigenvalue weighted by Crippen LogP contribution is 2.22. The van der Waals surface area contributed by atoms with Crippen LogP contribution in [0.2, 0.25) is 0 Å². The van der Waals surface area contributed by atoms with Crippen molar-refractivity contribution in [1.82, 2.24) is 25.3 Å². The fourth-order valence-corrected chi connectivity index (χ4v) is 2.52. The van der Waals surface area contributed by atoms with E-state index in [1.54, 1.807) is 12.3 Å². The molecule has 9 heteroatoms. The van der Waals surface area contributed by atoms with Gasteiger partial charge in [0.1, 0.15) is 0 Å². The zero-order chi connectivity index (χ0) is 14.1. The van der Waals surface area contributed by atoms with Gasteiger partial charge in [-0.1, -0.05) is 5.16 Å². The van der Waals surface area contributed by atoms with Gasteiger partial charge in [0.15, 0.2) is 5.82 Å². The lowest BCUT2D eigenvalue weighted by atomic mass is 10.2. The van der Waals surface area contributed by atoms with Gasteiger partial charge in [-0.2, -0.15) is 4.98 Å². The summed E-state index contributed by atoms with van der Waals surface area (Å²) >= 11 is 3.18. The molecule has 0 amide bonds. The molecule has 114 valence electrons. The summed E-state index contributed by atoms with van der Waals surface area (Å²) in [5.74, 6) is 1.05. The van der Waals surface area contributed by atoms with E-state index in [-0.39, 0.29) is 24.0 Å². The predicted molar refractivity (Wildman–Crippen MR) is 83.5 cm³/mol. The van der Waals surface area contributed by atoms with E-state index in [2.05, 4.69) is 41.3 Å². The minimum absolute atomic E-state index is 0. The number of halogens is 2. The first-order chi connectivity index (χ1) is 9.65. The molecule has 2 N–H and O–H groups in total. The van der Waals surface area contributed by atoms with Crippen molar-refractivity contribution in [3.63, 3.8) is 0 Å². The molecule has 7 nitrogen and oxygen atoms in total. The summed E-state index contributed by atoms with van der Waals surface area (Å²) in [6.07, 6.45) is 1.56. The SMILES string of the molecule is CN1CCNCC1c1noc(-c2c[nH]c(=O)c(Br)c2)n1.Cl. The first-order valence-electron chi connectivity index (χ1n) is 6.28. The molecule has 1 fully saturated rings. The van der Waals surface area contributed by atoms with Crippen LogP contribution in [0.15, 0.2) is 26.1 Å². The second kappa shape index (κ2) is 6.69. The molecule has 1 aliphatic heterocycles. The van der Waals surface area contributed by atoms with Crippen molar-refractivity contribution in [3.05, 3.63) is 32.9 Å².